The summed E-state index contributed by atoms with van der Waals surface area (Å²) in [4.78, 5) is 10.9. The summed E-state index contributed by atoms with van der Waals surface area (Å²) >= 11 is 0. The molecule has 0 aromatic carbocycles. The molecule has 0 aliphatic heterocycles. The summed E-state index contributed by atoms with van der Waals surface area (Å²) in [5.41, 5.74) is 0.357. The molecule has 5 nitrogen and oxygen atoms in total. The Morgan fingerprint density at radius 3 is 2.71 bits per heavy atom. The molecule has 3 N–H and O–H groups in total. The summed E-state index contributed by atoms with van der Waals surface area (Å²) in [5, 5.41) is 20.8. The Hall–Kier alpha value is -0.910. The fourth-order valence-corrected chi connectivity index (χ4v) is 0.977. The van der Waals surface area contributed by atoms with Crippen molar-refractivity contribution in [1.29, 1.82) is 0 Å². The van der Waals surface area contributed by atoms with Gasteiger partial charge < -0.3 is 20.3 Å². The standard InChI is InChI=1S/C9H15NO4/c1-6(2)8(11)14-4-3-10-7-5-9(7,12)13/h7,10,12-13H,1,3-5H2,2H3. The van der Waals surface area contributed by atoms with E-state index in [-0.39, 0.29) is 12.6 Å². The summed E-state index contributed by atoms with van der Waals surface area (Å²) < 4.78 is 4.79. The van der Waals surface area contributed by atoms with Crippen LogP contribution in [-0.2, 0) is 9.53 Å². The molecule has 5 heteroatoms. The van der Waals surface area contributed by atoms with E-state index in [2.05, 4.69) is 11.9 Å². The molecule has 0 aromatic rings. The number of nitrogens with one attached hydrogen (secondary N) is 1. The lowest BCUT2D eigenvalue weighted by atomic mass is 10.4. The third-order valence-electron chi connectivity index (χ3n) is 1.98. The van der Waals surface area contributed by atoms with E-state index in [1.165, 1.54) is 0 Å². The minimum absolute atomic E-state index is 0.207. The van der Waals surface area contributed by atoms with E-state index in [1.807, 2.05) is 0 Å². The van der Waals surface area contributed by atoms with Crippen molar-refractivity contribution >= 4 is 5.97 Å². The van der Waals surface area contributed by atoms with Crippen molar-refractivity contribution < 1.29 is 19.7 Å². The van der Waals surface area contributed by atoms with Crippen LogP contribution in [0, 0.1) is 0 Å². The summed E-state index contributed by atoms with van der Waals surface area (Å²) in [7, 11) is 0. The first-order chi connectivity index (χ1) is 6.43. The van der Waals surface area contributed by atoms with Gasteiger partial charge in [0.15, 0.2) is 5.79 Å². The second-order valence-corrected chi connectivity index (χ2v) is 3.51. The Bertz CT molecular complexity index is 249. The van der Waals surface area contributed by atoms with Crippen LogP contribution in [0.5, 0.6) is 0 Å². The van der Waals surface area contributed by atoms with Crippen molar-refractivity contribution in [2.75, 3.05) is 13.2 Å². The second-order valence-electron chi connectivity index (χ2n) is 3.51. The van der Waals surface area contributed by atoms with Crippen LogP contribution >= 0.6 is 0 Å². The average molecular weight is 201 g/mol. The number of ether oxygens (including phenoxy) is 1. The van der Waals surface area contributed by atoms with Crippen molar-refractivity contribution in [3.05, 3.63) is 12.2 Å². The van der Waals surface area contributed by atoms with E-state index in [0.29, 0.717) is 18.5 Å². The first kappa shape index (κ1) is 11.2. The number of hydrogen-bond acceptors (Lipinski definition) is 5. The Morgan fingerprint density at radius 1 is 1.71 bits per heavy atom. The van der Waals surface area contributed by atoms with Gasteiger partial charge in [0.25, 0.3) is 0 Å². The maximum Gasteiger partial charge on any atom is 0.333 e. The van der Waals surface area contributed by atoms with Gasteiger partial charge in [-0.2, -0.15) is 0 Å². The van der Waals surface area contributed by atoms with Gasteiger partial charge in [0.05, 0.1) is 6.04 Å². The molecule has 1 aliphatic rings. The second kappa shape index (κ2) is 4.08. The highest BCUT2D eigenvalue weighted by Gasteiger charge is 2.51. The molecular formula is C9H15NO4. The highest BCUT2D eigenvalue weighted by Crippen LogP contribution is 2.31. The molecule has 0 aromatic heterocycles. The molecule has 1 aliphatic carbocycles. The number of carbonyl (C=O) groups is 1. The van der Waals surface area contributed by atoms with Gasteiger partial charge in [-0.25, -0.2) is 4.79 Å². The lowest BCUT2D eigenvalue weighted by molar-refractivity contribution is -0.138. The Labute approximate surface area is 82.4 Å². The van der Waals surface area contributed by atoms with Crippen molar-refractivity contribution in [3.8, 4) is 0 Å². The van der Waals surface area contributed by atoms with Crippen molar-refractivity contribution in [3.63, 3.8) is 0 Å². The summed E-state index contributed by atoms with van der Waals surface area (Å²) in [6, 6.07) is -0.300. The minimum atomic E-state index is -1.57. The third-order valence-corrected chi connectivity index (χ3v) is 1.98. The largest absolute Gasteiger partial charge is 0.461 e. The maximum absolute atomic E-state index is 10.9. The number of esters is 1. The molecule has 0 amide bonds. The first-order valence-electron chi connectivity index (χ1n) is 4.44. The normalized spacial score (nSPS) is 22.9. The topological polar surface area (TPSA) is 78.8 Å². The zero-order valence-corrected chi connectivity index (χ0v) is 8.12. The van der Waals surface area contributed by atoms with E-state index in [9.17, 15) is 4.79 Å². The molecule has 1 fully saturated rings. The molecule has 80 valence electrons. The van der Waals surface area contributed by atoms with E-state index < -0.39 is 11.8 Å². The van der Waals surface area contributed by atoms with Crippen LogP contribution in [0.15, 0.2) is 12.2 Å². The summed E-state index contributed by atoms with van der Waals surface area (Å²) in [6.45, 7) is 5.62. The molecule has 0 heterocycles. The molecule has 0 radical (unpaired) electrons. The molecule has 0 saturated heterocycles. The summed E-state index contributed by atoms with van der Waals surface area (Å²) in [6.07, 6.45) is 0.321. The predicted molar refractivity (Wildman–Crippen MR) is 49.3 cm³/mol. The van der Waals surface area contributed by atoms with E-state index in [0.717, 1.165) is 0 Å². The monoisotopic (exact) mass is 201 g/mol. The van der Waals surface area contributed by atoms with Crippen molar-refractivity contribution in [2.45, 2.75) is 25.2 Å². The molecule has 1 saturated carbocycles. The Morgan fingerprint density at radius 2 is 2.29 bits per heavy atom. The number of hydrogen-bond donors (Lipinski definition) is 3. The zero-order chi connectivity index (χ0) is 10.8. The van der Waals surface area contributed by atoms with Gasteiger partial charge in [-0.05, 0) is 6.92 Å². The minimum Gasteiger partial charge on any atom is -0.461 e. The Kier molecular flexibility index (Phi) is 3.25. The van der Waals surface area contributed by atoms with E-state index in [1.54, 1.807) is 6.92 Å². The summed E-state index contributed by atoms with van der Waals surface area (Å²) in [5.74, 6) is -2.00. The molecule has 1 unspecified atom stereocenters. The maximum atomic E-state index is 10.9. The molecule has 14 heavy (non-hydrogen) atoms. The van der Waals surface area contributed by atoms with E-state index >= 15 is 0 Å². The number of rotatable bonds is 5. The zero-order valence-electron chi connectivity index (χ0n) is 8.12. The first-order valence-corrected chi connectivity index (χ1v) is 4.44. The van der Waals surface area contributed by atoms with Crippen LogP contribution < -0.4 is 5.32 Å². The highest BCUT2D eigenvalue weighted by molar-refractivity contribution is 5.86. The van der Waals surface area contributed by atoms with Crippen LogP contribution in [0.4, 0.5) is 0 Å². The van der Waals surface area contributed by atoms with Gasteiger partial charge >= 0.3 is 5.97 Å². The molecule has 0 spiro atoms. The SMILES string of the molecule is C=C(C)C(=O)OCCNC1CC1(O)O. The molecular weight excluding hydrogens is 186 g/mol. The smallest absolute Gasteiger partial charge is 0.333 e. The van der Waals surface area contributed by atoms with Crippen LogP contribution in [0.1, 0.15) is 13.3 Å². The third kappa shape index (κ3) is 3.10. The van der Waals surface area contributed by atoms with Gasteiger partial charge in [-0.3, -0.25) is 0 Å². The van der Waals surface area contributed by atoms with Gasteiger partial charge in [0, 0.05) is 18.5 Å². The van der Waals surface area contributed by atoms with Crippen LogP contribution in [0.2, 0.25) is 0 Å². The number of carbonyl (C=O) groups excluding carboxylic acids is 1. The fraction of sp³-hybridized carbons (Fsp3) is 0.667. The van der Waals surface area contributed by atoms with Gasteiger partial charge in [-0.15, -0.1) is 0 Å². The van der Waals surface area contributed by atoms with Crippen molar-refractivity contribution in [2.24, 2.45) is 0 Å². The van der Waals surface area contributed by atoms with Crippen molar-refractivity contribution in [1.82, 2.24) is 5.32 Å². The van der Waals surface area contributed by atoms with Crippen LogP contribution in [0.25, 0.3) is 0 Å². The molecule has 0 bridgehead atoms. The van der Waals surface area contributed by atoms with Crippen LogP contribution in [0.3, 0.4) is 0 Å². The highest BCUT2D eigenvalue weighted by atomic mass is 16.5. The average Bonchev–Trinajstić information content (AvgIpc) is 2.67. The van der Waals surface area contributed by atoms with E-state index in [4.69, 9.17) is 14.9 Å². The van der Waals surface area contributed by atoms with Gasteiger partial charge in [0.2, 0.25) is 0 Å². The van der Waals surface area contributed by atoms with Gasteiger partial charge in [-0.1, -0.05) is 6.58 Å². The fourth-order valence-electron chi connectivity index (χ4n) is 0.977. The Balaban J connectivity index is 2.01. The van der Waals surface area contributed by atoms with Gasteiger partial charge in [0.1, 0.15) is 6.61 Å². The lowest BCUT2D eigenvalue weighted by Crippen LogP contribution is -2.29. The quantitative estimate of drug-likeness (QED) is 0.234. The molecule has 1 rings (SSSR count). The lowest BCUT2D eigenvalue weighted by Gasteiger charge is -2.06. The predicted octanol–water partition coefficient (Wildman–Crippen LogP) is -0.852. The number of aliphatic hydroxyl groups is 2. The molecule has 1 atom stereocenters. The van der Waals surface area contributed by atoms with Crippen LogP contribution in [-0.4, -0.2) is 41.2 Å².